The van der Waals surface area contributed by atoms with Crippen LogP contribution in [0, 0.1) is 6.92 Å². The number of thiazole rings is 1. The Morgan fingerprint density at radius 1 is 1.44 bits per heavy atom. The van der Waals surface area contributed by atoms with Gasteiger partial charge in [-0.2, -0.15) is 5.10 Å². The molecule has 0 aliphatic carbocycles. The molecule has 0 aromatic carbocycles. The van der Waals surface area contributed by atoms with Crippen molar-refractivity contribution >= 4 is 23.0 Å². The Morgan fingerprint density at radius 2 is 2.32 bits per heavy atom. The van der Waals surface area contributed by atoms with Gasteiger partial charge in [-0.05, 0) is 26.7 Å². The summed E-state index contributed by atoms with van der Waals surface area (Å²) >= 11 is 1.70. The van der Waals surface area contributed by atoms with Crippen LogP contribution in [0.2, 0.25) is 0 Å². The van der Waals surface area contributed by atoms with Crippen LogP contribution in [0.25, 0.3) is 0 Å². The third kappa shape index (κ3) is 4.94. The molecule has 1 atom stereocenters. The van der Waals surface area contributed by atoms with E-state index in [2.05, 4.69) is 45.7 Å². The molecule has 1 aliphatic heterocycles. The molecule has 1 aliphatic rings. The maximum absolute atomic E-state index is 4.70. The van der Waals surface area contributed by atoms with Gasteiger partial charge in [0.25, 0.3) is 0 Å². The number of hydrogen-bond acceptors (Lipinski definition) is 5. The smallest absolute Gasteiger partial charge is 0.191 e. The van der Waals surface area contributed by atoms with E-state index in [9.17, 15) is 0 Å². The van der Waals surface area contributed by atoms with E-state index >= 15 is 0 Å². The molecule has 2 aromatic heterocycles. The molecule has 7 nitrogen and oxygen atoms in total. The van der Waals surface area contributed by atoms with Crippen LogP contribution in [-0.4, -0.2) is 46.4 Å². The molecule has 3 heterocycles. The summed E-state index contributed by atoms with van der Waals surface area (Å²) in [5.74, 6) is 0.869. The van der Waals surface area contributed by atoms with Crippen LogP contribution < -0.4 is 15.5 Å². The largest absolute Gasteiger partial charge is 0.367 e. The summed E-state index contributed by atoms with van der Waals surface area (Å²) in [7, 11) is 1.96. The van der Waals surface area contributed by atoms with E-state index in [-0.39, 0.29) is 0 Å². The number of nitrogens with zero attached hydrogens (tertiary/aromatic N) is 5. The van der Waals surface area contributed by atoms with E-state index in [1.165, 1.54) is 10.6 Å². The standard InChI is InChI=1S/C17H27N7S/c1-4-18-17(20-10-16-19-8-13(2)25-16)22-14-6-5-7-24(11-14)15-9-21-23(3)12-15/h8-9,12,14H,4-7,10-11H2,1-3H3,(H2,18,20,22). The van der Waals surface area contributed by atoms with Crippen molar-refractivity contribution in [1.29, 1.82) is 0 Å². The SMILES string of the molecule is CCNC(=NCc1ncc(C)s1)NC1CCCN(c2cnn(C)c2)C1. The lowest BCUT2D eigenvalue weighted by Crippen LogP contribution is -2.51. The van der Waals surface area contributed by atoms with Crippen molar-refractivity contribution in [2.75, 3.05) is 24.5 Å². The Kier molecular flexibility index (Phi) is 5.91. The van der Waals surface area contributed by atoms with Crippen LogP contribution >= 0.6 is 11.3 Å². The molecule has 3 rings (SSSR count). The van der Waals surface area contributed by atoms with Gasteiger partial charge in [0.15, 0.2) is 5.96 Å². The molecule has 2 N–H and O–H groups in total. The van der Waals surface area contributed by atoms with Crippen LogP contribution in [0.4, 0.5) is 5.69 Å². The lowest BCUT2D eigenvalue weighted by Gasteiger charge is -2.34. The summed E-state index contributed by atoms with van der Waals surface area (Å²) in [6, 6.07) is 0.379. The number of aromatic nitrogens is 3. The highest BCUT2D eigenvalue weighted by atomic mass is 32.1. The van der Waals surface area contributed by atoms with Crippen molar-refractivity contribution in [3.8, 4) is 0 Å². The van der Waals surface area contributed by atoms with E-state index in [1.807, 2.05) is 24.1 Å². The molecular weight excluding hydrogens is 334 g/mol. The van der Waals surface area contributed by atoms with E-state index < -0.39 is 0 Å². The Balaban J connectivity index is 1.60. The summed E-state index contributed by atoms with van der Waals surface area (Å²) in [4.78, 5) is 12.7. The van der Waals surface area contributed by atoms with Crippen molar-refractivity contribution < 1.29 is 0 Å². The zero-order valence-electron chi connectivity index (χ0n) is 15.2. The quantitative estimate of drug-likeness (QED) is 0.629. The number of aliphatic imine (C=N–C) groups is 1. The zero-order chi connectivity index (χ0) is 17.6. The minimum absolute atomic E-state index is 0.379. The van der Waals surface area contributed by atoms with Gasteiger partial charge in [-0.1, -0.05) is 0 Å². The monoisotopic (exact) mass is 361 g/mol. The van der Waals surface area contributed by atoms with Crippen molar-refractivity contribution in [3.05, 3.63) is 28.5 Å². The lowest BCUT2D eigenvalue weighted by atomic mass is 10.1. The van der Waals surface area contributed by atoms with Gasteiger partial charge in [0.1, 0.15) is 5.01 Å². The number of piperidine rings is 1. The Hall–Kier alpha value is -2.09. The highest BCUT2D eigenvalue weighted by Gasteiger charge is 2.21. The first-order valence-electron chi connectivity index (χ1n) is 8.83. The van der Waals surface area contributed by atoms with E-state index in [1.54, 1.807) is 11.3 Å². The second-order valence-electron chi connectivity index (χ2n) is 6.36. The molecule has 0 amide bonds. The fourth-order valence-corrected chi connectivity index (χ4v) is 3.75. The molecule has 0 spiro atoms. The molecule has 0 radical (unpaired) electrons. The van der Waals surface area contributed by atoms with Gasteiger partial charge in [-0.25, -0.2) is 9.98 Å². The van der Waals surface area contributed by atoms with Crippen LogP contribution in [-0.2, 0) is 13.6 Å². The van der Waals surface area contributed by atoms with Crippen molar-refractivity contribution in [1.82, 2.24) is 25.4 Å². The summed E-state index contributed by atoms with van der Waals surface area (Å²) in [6.07, 6.45) is 8.23. The second kappa shape index (κ2) is 8.33. The Bertz CT molecular complexity index is 705. The highest BCUT2D eigenvalue weighted by molar-refractivity contribution is 7.11. The number of anilines is 1. The molecule has 0 saturated carbocycles. The normalized spacial score (nSPS) is 18.4. The van der Waals surface area contributed by atoms with Crippen molar-refractivity contribution in [2.45, 2.75) is 39.3 Å². The minimum Gasteiger partial charge on any atom is -0.367 e. The number of aryl methyl sites for hydroxylation is 2. The van der Waals surface area contributed by atoms with Crippen LogP contribution in [0.3, 0.4) is 0 Å². The van der Waals surface area contributed by atoms with E-state index in [4.69, 9.17) is 4.99 Å². The van der Waals surface area contributed by atoms with Gasteiger partial charge in [-0.15, -0.1) is 11.3 Å². The third-order valence-electron chi connectivity index (χ3n) is 4.20. The maximum atomic E-state index is 4.70. The average molecular weight is 362 g/mol. The van der Waals surface area contributed by atoms with Gasteiger partial charge in [-0.3, -0.25) is 4.68 Å². The first-order valence-corrected chi connectivity index (χ1v) is 9.65. The first kappa shape index (κ1) is 17.7. The molecule has 1 saturated heterocycles. The summed E-state index contributed by atoms with van der Waals surface area (Å²) in [6.45, 7) is 7.67. The van der Waals surface area contributed by atoms with Crippen LogP contribution in [0.15, 0.2) is 23.6 Å². The molecule has 25 heavy (non-hydrogen) atoms. The number of rotatable bonds is 5. The van der Waals surface area contributed by atoms with Gasteiger partial charge in [0, 0.05) is 50.0 Å². The van der Waals surface area contributed by atoms with Gasteiger partial charge >= 0.3 is 0 Å². The molecule has 1 fully saturated rings. The molecule has 0 bridgehead atoms. The average Bonchev–Trinajstić information content (AvgIpc) is 3.21. The lowest BCUT2D eigenvalue weighted by molar-refractivity contribution is 0.468. The van der Waals surface area contributed by atoms with Crippen LogP contribution in [0.1, 0.15) is 29.7 Å². The first-order chi connectivity index (χ1) is 12.1. The van der Waals surface area contributed by atoms with Gasteiger partial charge < -0.3 is 15.5 Å². The fraction of sp³-hybridized carbons (Fsp3) is 0.588. The summed E-state index contributed by atoms with van der Waals surface area (Å²) in [5, 5.41) is 12.3. The third-order valence-corrected chi connectivity index (χ3v) is 5.10. The highest BCUT2D eigenvalue weighted by Crippen LogP contribution is 2.19. The molecule has 136 valence electrons. The fourth-order valence-electron chi connectivity index (χ4n) is 3.04. The predicted octanol–water partition coefficient (Wildman–Crippen LogP) is 1.91. The minimum atomic E-state index is 0.379. The van der Waals surface area contributed by atoms with Gasteiger partial charge in [0.05, 0.1) is 18.4 Å². The maximum Gasteiger partial charge on any atom is 0.191 e. The van der Waals surface area contributed by atoms with Crippen molar-refractivity contribution in [3.63, 3.8) is 0 Å². The zero-order valence-corrected chi connectivity index (χ0v) is 16.0. The van der Waals surface area contributed by atoms with Crippen LogP contribution in [0.5, 0.6) is 0 Å². The van der Waals surface area contributed by atoms with E-state index in [0.717, 1.165) is 43.4 Å². The molecule has 1 unspecified atom stereocenters. The Labute approximate surface area is 153 Å². The predicted molar refractivity (Wildman–Crippen MR) is 103 cm³/mol. The number of guanidine groups is 1. The van der Waals surface area contributed by atoms with Crippen molar-refractivity contribution in [2.24, 2.45) is 12.0 Å². The van der Waals surface area contributed by atoms with E-state index in [0.29, 0.717) is 12.6 Å². The number of hydrogen-bond donors (Lipinski definition) is 2. The summed E-state index contributed by atoms with van der Waals surface area (Å²) < 4.78 is 1.86. The van der Waals surface area contributed by atoms with Gasteiger partial charge in [0.2, 0.25) is 0 Å². The molecular formula is C17H27N7S. The number of nitrogens with one attached hydrogen (secondary N) is 2. The molecule has 8 heteroatoms. The summed E-state index contributed by atoms with van der Waals surface area (Å²) in [5.41, 5.74) is 1.19. The Morgan fingerprint density at radius 3 is 3.00 bits per heavy atom. The second-order valence-corrected chi connectivity index (χ2v) is 7.68. The topological polar surface area (TPSA) is 70.4 Å². The molecule has 2 aromatic rings.